The highest BCUT2D eigenvalue weighted by Crippen LogP contribution is 2.21. The lowest BCUT2D eigenvalue weighted by Crippen LogP contribution is -2.43. The molecular formula is C25H19N3O9S. The number of para-hydroxylation sites is 1. The number of nitro benzene ring substituents is 1. The minimum absolute atomic E-state index is 0.217. The molecule has 1 aliphatic heterocycles. The van der Waals surface area contributed by atoms with Crippen molar-refractivity contribution in [3.63, 3.8) is 0 Å². The molecule has 0 unspecified atom stereocenters. The minimum atomic E-state index is -0.944. The first kappa shape index (κ1) is 26.2. The molecule has 2 heterocycles. The highest BCUT2D eigenvalue weighted by atomic mass is 32.1. The molecule has 1 fully saturated rings. The fraction of sp³-hybridized carbons (Fsp3) is 0.160. The maximum Gasteiger partial charge on any atom is 0.353 e. The summed E-state index contributed by atoms with van der Waals surface area (Å²) in [5.41, 5.74) is 1.82. The van der Waals surface area contributed by atoms with E-state index in [1.807, 2.05) is 0 Å². The molecule has 12 nitrogen and oxygen atoms in total. The van der Waals surface area contributed by atoms with Crippen molar-refractivity contribution in [2.75, 3.05) is 13.2 Å². The molecule has 0 spiro atoms. The quantitative estimate of drug-likeness (QED) is 0.142. The van der Waals surface area contributed by atoms with E-state index in [9.17, 15) is 34.1 Å². The van der Waals surface area contributed by atoms with Crippen LogP contribution in [0.3, 0.4) is 0 Å². The number of hydrazine groups is 1. The van der Waals surface area contributed by atoms with Crippen LogP contribution in [0.15, 0.2) is 66.0 Å². The molecule has 2 aromatic carbocycles. The number of nitrogens with zero attached hydrogens (tertiary/aromatic N) is 2. The topological polar surface area (TPSA) is 162 Å². The molecule has 13 heteroatoms. The third-order valence-corrected chi connectivity index (χ3v) is 6.34. The zero-order valence-corrected chi connectivity index (χ0v) is 20.3. The third kappa shape index (κ3) is 6.07. The van der Waals surface area contributed by atoms with Crippen LogP contribution >= 0.6 is 11.3 Å². The summed E-state index contributed by atoms with van der Waals surface area (Å²) in [7, 11) is 0. The zero-order chi connectivity index (χ0) is 27.2. The van der Waals surface area contributed by atoms with E-state index >= 15 is 0 Å². The fourth-order valence-corrected chi connectivity index (χ4v) is 4.18. The van der Waals surface area contributed by atoms with Gasteiger partial charge in [-0.2, -0.15) is 0 Å². The summed E-state index contributed by atoms with van der Waals surface area (Å²) in [5.74, 6) is -4.01. The van der Waals surface area contributed by atoms with Gasteiger partial charge in [0.1, 0.15) is 16.2 Å². The summed E-state index contributed by atoms with van der Waals surface area (Å²) in [6.45, 7) is -0.803. The molecule has 2 amide bonds. The minimum Gasteiger partial charge on any atom is -0.457 e. The molecule has 3 aromatic rings. The Balaban J connectivity index is 1.27. The van der Waals surface area contributed by atoms with E-state index in [2.05, 4.69) is 5.43 Å². The van der Waals surface area contributed by atoms with Crippen molar-refractivity contribution in [1.29, 1.82) is 0 Å². The Hall–Kier alpha value is -4.91. The van der Waals surface area contributed by atoms with Crippen LogP contribution < -0.4 is 10.2 Å². The number of rotatable bonds is 9. The fourth-order valence-electron chi connectivity index (χ4n) is 3.58. The SMILES string of the molecule is O=C(COC(=O)[C@@H]1CC(=O)N(NC(=O)c2ccccc2[N+](=O)[O-])C1)c1ccc(OC(=O)c2cccs2)cc1. The average molecular weight is 538 g/mol. The molecule has 38 heavy (non-hydrogen) atoms. The largest absolute Gasteiger partial charge is 0.457 e. The molecule has 0 saturated carbocycles. The first-order valence-electron chi connectivity index (χ1n) is 11.1. The van der Waals surface area contributed by atoms with Crippen molar-refractivity contribution in [3.8, 4) is 5.75 Å². The number of nitrogens with one attached hydrogen (secondary N) is 1. The molecule has 1 aliphatic rings. The average Bonchev–Trinajstić information content (AvgIpc) is 3.58. The summed E-state index contributed by atoms with van der Waals surface area (Å²) in [6, 6.07) is 14.3. The maximum atomic E-state index is 12.5. The Morgan fingerprint density at radius 1 is 1.05 bits per heavy atom. The van der Waals surface area contributed by atoms with Crippen molar-refractivity contribution in [1.82, 2.24) is 10.4 Å². The van der Waals surface area contributed by atoms with Crippen molar-refractivity contribution >= 4 is 46.6 Å². The van der Waals surface area contributed by atoms with E-state index in [0.29, 0.717) is 4.88 Å². The lowest BCUT2D eigenvalue weighted by Gasteiger charge is -2.17. The van der Waals surface area contributed by atoms with Crippen LogP contribution in [0.4, 0.5) is 5.69 Å². The van der Waals surface area contributed by atoms with Crippen LogP contribution in [0.2, 0.25) is 0 Å². The number of Topliss-reactive ketones (excluding diaryl/α,β-unsaturated/α-hetero) is 1. The molecule has 1 N–H and O–H groups in total. The standard InChI is InChI=1S/C25H19N3O9S/c29-20(15-7-9-17(10-8-15)37-25(33)21-6-3-11-38-21)14-36-24(32)16-12-22(30)27(13-16)26-23(31)18-4-1-2-5-19(18)28(34)35/h1-11,16H,12-14H2,(H,26,31)/t16-/m1/s1. The highest BCUT2D eigenvalue weighted by molar-refractivity contribution is 7.12. The van der Waals surface area contributed by atoms with E-state index in [-0.39, 0.29) is 29.8 Å². The Labute approximate surface area is 218 Å². The summed E-state index contributed by atoms with van der Waals surface area (Å²) in [5, 5.41) is 13.8. The molecule has 0 bridgehead atoms. The summed E-state index contributed by atoms with van der Waals surface area (Å²) in [6.07, 6.45) is -0.269. The molecule has 194 valence electrons. The molecule has 1 saturated heterocycles. The summed E-state index contributed by atoms with van der Waals surface area (Å²) >= 11 is 1.24. The number of nitro groups is 1. The number of hydrogen-bond acceptors (Lipinski definition) is 10. The number of carbonyl (C=O) groups is 5. The van der Waals surface area contributed by atoms with Crippen molar-refractivity contribution in [2.45, 2.75) is 6.42 Å². The zero-order valence-electron chi connectivity index (χ0n) is 19.5. The van der Waals surface area contributed by atoms with Gasteiger partial charge in [-0.1, -0.05) is 18.2 Å². The smallest absolute Gasteiger partial charge is 0.353 e. The second-order valence-corrected chi connectivity index (χ2v) is 8.99. The Morgan fingerprint density at radius 2 is 1.79 bits per heavy atom. The molecular weight excluding hydrogens is 518 g/mol. The second-order valence-electron chi connectivity index (χ2n) is 8.04. The van der Waals surface area contributed by atoms with Crippen molar-refractivity contribution < 1.29 is 38.4 Å². The second kappa shape index (κ2) is 11.4. The van der Waals surface area contributed by atoms with Gasteiger partial charge in [0.25, 0.3) is 11.6 Å². The first-order valence-corrected chi connectivity index (χ1v) is 12.0. The predicted octanol–water partition coefficient (Wildman–Crippen LogP) is 2.79. The van der Waals surface area contributed by atoms with E-state index in [0.717, 1.165) is 11.1 Å². The van der Waals surface area contributed by atoms with Gasteiger partial charge in [-0.05, 0) is 41.8 Å². The van der Waals surface area contributed by atoms with Gasteiger partial charge in [-0.15, -0.1) is 11.3 Å². The van der Waals surface area contributed by atoms with Crippen LogP contribution in [0.5, 0.6) is 5.75 Å². The van der Waals surface area contributed by atoms with E-state index in [1.54, 1.807) is 17.5 Å². The lowest BCUT2D eigenvalue weighted by atomic mass is 10.1. The van der Waals surface area contributed by atoms with Gasteiger partial charge in [-0.3, -0.25) is 39.7 Å². The molecule has 0 aliphatic carbocycles. The van der Waals surface area contributed by atoms with Gasteiger partial charge in [-0.25, -0.2) is 4.79 Å². The van der Waals surface area contributed by atoms with Gasteiger partial charge >= 0.3 is 11.9 Å². The van der Waals surface area contributed by atoms with Crippen molar-refractivity contribution in [3.05, 3.63) is 92.2 Å². The number of carbonyl (C=O) groups excluding carboxylic acids is 5. The number of thiophene rings is 1. The summed E-state index contributed by atoms with van der Waals surface area (Å²) in [4.78, 5) is 72.5. The first-order chi connectivity index (χ1) is 18.2. The van der Waals surface area contributed by atoms with Gasteiger partial charge < -0.3 is 9.47 Å². The predicted molar refractivity (Wildman–Crippen MR) is 131 cm³/mol. The monoisotopic (exact) mass is 537 g/mol. The lowest BCUT2D eigenvalue weighted by molar-refractivity contribution is -0.385. The van der Waals surface area contributed by atoms with E-state index in [4.69, 9.17) is 9.47 Å². The Kier molecular flexibility index (Phi) is 7.87. The summed E-state index contributed by atoms with van der Waals surface area (Å²) < 4.78 is 10.3. The Bertz CT molecular complexity index is 1400. The van der Waals surface area contributed by atoms with E-state index in [1.165, 1.54) is 53.8 Å². The number of hydrogen-bond donors (Lipinski definition) is 1. The molecule has 1 aromatic heterocycles. The van der Waals surface area contributed by atoms with Gasteiger partial charge in [0.05, 0.1) is 17.4 Å². The van der Waals surface area contributed by atoms with Crippen molar-refractivity contribution in [2.24, 2.45) is 5.92 Å². The van der Waals surface area contributed by atoms with Crippen LogP contribution in [0.1, 0.15) is 36.8 Å². The van der Waals surface area contributed by atoms with Crippen LogP contribution in [0.25, 0.3) is 0 Å². The van der Waals surface area contributed by atoms with Gasteiger partial charge in [0.2, 0.25) is 5.91 Å². The van der Waals surface area contributed by atoms with Crippen LogP contribution in [0, 0.1) is 16.0 Å². The van der Waals surface area contributed by atoms with Crippen LogP contribution in [-0.2, 0) is 14.3 Å². The third-order valence-electron chi connectivity index (χ3n) is 5.49. The van der Waals surface area contributed by atoms with E-state index < -0.39 is 52.7 Å². The highest BCUT2D eigenvalue weighted by Gasteiger charge is 2.37. The number of esters is 2. The van der Waals surface area contributed by atoms with Crippen LogP contribution in [-0.4, -0.2) is 52.6 Å². The molecule has 1 atom stereocenters. The molecule has 4 rings (SSSR count). The Morgan fingerprint density at radius 3 is 2.47 bits per heavy atom. The van der Waals surface area contributed by atoms with Gasteiger partial charge in [0, 0.05) is 18.1 Å². The number of ether oxygens (including phenoxy) is 2. The van der Waals surface area contributed by atoms with Gasteiger partial charge in [0.15, 0.2) is 12.4 Å². The number of ketones is 1. The normalized spacial score (nSPS) is 14.6. The number of amides is 2. The maximum absolute atomic E-state index is 12.5. The number of benzene rings is 2. The molecule has 0 radical (unpaired) electrons.